The van der Waals surface area contributed by atoms with E-state index in [0.717, 1.165) is 37.3 Å². The fourth-order valence-corrected chi connectivity index (χ4v) is 2.48. The highest BCUT2D eigenvalue weighted by Crippen LogP contribution is 2.33. The minimum absolute atomic E-state index is 0.0722. The Morgan fingerprint density at radius 2 is 1.94 bits per heavy atom. The highest BCUT2D eigenvalue weighted by molar-refractivity contribution is 6.22. The lowest BCUT2D eigenvalue weighted by Gasteiger charge is -2.11. The molecule has 0 aliphatic heterocycles. The molecular weight excluding hydrogens is 261 g/mol. The first kappa shape index (κ1) is 13.5. The summed E-state index contributed by atoms with van der Waals surface area (Å²) in [6.45, 7) is 0. The topological polar surface area (TPSA) is 0 Å². The second-order valence-electron chi connectivity index (χ2n) is 4.53. The molecule has 0 fully saturated rings. The first-order chi connectivity index (χ1) is 8.47. The van der Waals surface area contributed by atoms with Gasteiger partial charge < -0.3 is 0 Å². The molecule has 0 spiro atoms. The molecule has 1 aromatic rings. The number of alkyl halides is 4. The van der Waals surface area contributed by atoms with Gasteiger partial charge in [-0.2, -0.15) is 13.2 Å². The molecular formula is C14H14ClF3. The van der Waals surface area contributed by atoms with Crippen LogP contribution in [0.15, 0.2) is 30.3 Å². The standard InChI is InChI=1S/C14H14ClF3/c15-13-7-2-1-4-11(9-13)10-5-3-6-12(8-10)14(16,17)18/h3,5-6,8-9,13H,1-2,4,7H2. The van der Waals surface area contributed by atoms with Crippen LogP contribution in [0.2, 0.25) is 0 Å². The number of hydrogen-bond acceptors (Lipinski definition) is 0. The lowest BCUT2D eigenvalue weighted by atomic mass is 9.99. The molecule has 0 nitrogen and oxygen atoms in total. The molecule has 0 aromatic heterocycles. The van der Waals surface area contributed by atoms with E-state index >= 15 is 0 Å². The van der Waals surface area contributed by atoms with Crippen molar-refractivity contribution < 1.29 is 13.2 Å². The van der Waals surface area contributed by atoms with Gasteiger partial charge in [0.25, 0.3) is 0 Å². The van der Waals surface area contributed by atoms with Crippen molar-refractivity contribution in [1.82, 2.24) is 0 Å². The maximum absolute atomic E-state index is 12.6. The molecule has 0 N–H and O–H groups in total. The zero-order chi connectivity index (χ0) is 13.2. The average Bonchev–Trinajstić information content (AvgIpc) is 2.53. The maximum atomic E-state index is 12.6. The van der Waals surface area contributed by atoms with Gasteiger partial charge in [-0.25, -0.2) is 0 Å². The summed E-state index contributed by atoms with van der Waals surface area (Å²) in [4.78, 5) is 0. The van der Waals surface area contributed by atoms with Gasteiger partial charge in [-0.15, -0.1) is 11.6 Å². The first-order valence-electron chi connectivity index (χ1n) is 5.99. The van der Waals surface area contributed by atoms with Gasteiger partial charge in [-0.05, 0) is 42.5 Å². The van der Waals surface area contributed by atoms with Crippen molar-refractivity contribution in [2.24, 2.45) is 0 Å². The second-order valence-corrected chi connectivity index (χ2v) is 5.09. The largest absolute Gasteiger partial charge is 0.416 e. The van der Waals surface area contributed by atoms with Crippen LogP contribution in [0.4, 0.5) is 13.2 Å². The van der Waals surface area contributed by atoms with Gasteiger partial charge in [-0.3, -0.25) is 0 Å². The molecule has 0 radical (unpaired) electrons. The van der Waals surface area contributed by atoms with Crippen molar-refractivity contribution >= 4 is 17.2 Å². The Morgan fingerprint density at radius 3 is 2.67 bits per heavy atom. The molecule has 0 saturated heterocycles. The van der Waals surface area contributed by atoms with Crippen molar-refractivity contribution in [1.29, 1.82) is 0 Å². The van der Waals surface area contributed by atoms with Crippen LogP contribution in [0.3, 0.4) is 0 Å². The molecule has 4 heteroatoms. The summed E-state index contributed by atoms with van der Waals surface area (Å²) >= 11 is 6.10. The Labute approximate surface area is 109 Å². The highest BCUT2D eigenvalue weighted by atomic mass is 35.5. The number of rotatable bonds is 1. The van der Waals surface area contributed by atoms with Crippen molar-refractivity contribution in [2.45, 2.75) is 37.2 Å². The summed E-state index contributed by atoms with van der Waals surface area (Å²) in [7, 11) is 0. The normalized spacial score (nSPS) is 21.3. The molecule has 0 amide bonds. The summed E-state index contributed by atoms with van der Waals surface area (Å²) in [5.41, 5.74) is 0.965. The van der Waals surface area contributed by atoms with E-state index in [-0.39, 0.29) is 5.38 Å². The molecule has 0 bridgehead atoms. The average molecular weight is 275 g/mol. The van der Waals surface area contributed by atoms with Crippen LogP contribution in [0.5, 0.6) is 0 Å². The van der Waals surface area contributed by atoms with Gasteiger partial charge in [0.15, 0.2) is 0 Å². The molecule has 98 valence electrons. The molecule has 1 atom stereocenters. The zero-order valence-electron chi connectivity index (χ0n) is 9.80. The molecule has 1 unspecified atom stereocenters. The van der Waals surface area contributed by atoms with Crippen molar-refractivity contribution in [3.63, 3.8) is 0 Å². The predicted molar refractivity (Wildman–Crippen MR) is 67.5 cm³/mol. The first-order valence-corrected chi connectivity index (χ1v) is 6.43. The van der Waals surface area contributed by atoms with Crippen molar-refractivity contribution in [2.75, 3.05) is 0 Å². The number of halogens is 4. The maximum Gasteiger partial charge on any atom is 0.416 e. The van der Waals surface area contributed by atoms with E-state index in [1.165, 1.54) is 12.1 Å². The zero-order valence-corrected chi connectivity index (χ0v) is 10.6. The summed E-state index contributed by atoms with van der Waals surface area (Å²) in [5, 5.41) is -0.0722. The Bertz CT molecular complexity index is 449. The minimum Gasteiger partial charge on any atom is -0.166 e. The van der Waals surface area contributed by atoms with Crippen molar-refractivity contribution in [3.05, 3.63) is 41.5 Å². The summed E-state index contributed by atoms with van der Waals surface area (Å²) in [6.07, 6.45) is 1.29. The van der Waals surface area contributed by atoms with E-state index in [1.807, 2.05) is 6.08 Å². The van der Waals surface area contributed by atoms with E-state index < -0.39 is 11.7 Å². The fraction of sp³-hybridized carbons (Fsp3) is 0.429. The third-order valence-corrected chi connectivity index (χ3v) is 3.46. The molecule has 1 aromatic carbocycles. The SMILES string of the molecule is FC(F)(F)c1cccc(C2=CC(Cl)CCCC2)c1. The van der Waals surface area contributed by atoms with Crippen LogP contribution in [0.1, 0.15) is 36.8 Å². The summed E-state index contributed by atoms with van der Waals surface area (Å²) in [6, 6.07) is 5.48. The third kappa shape index (κ3) is 3.29. The summed E-state index contributed by atoms with van der Waals surface area (Å²) < 4.78 is 37.9. The van der Waals surface area contributed by atoms with E-state index in [2.05, 4.69) is 0 Å². The Morgan fingerprint density at radius 1 is 1.17 bits per heavy atom. The smallest absolute Gasteiger partial charge is 0.166 e. The molecule has 0 heterocycles. The van der Waals surface area contributed by atoms with E-state index in [0.29, 0.717) is 5.56 Å². The van der Waals surface area contributed by atoms with Gasteiger partial charge in [0.1, 0.15) is 0 Å². The van der Waals surface area contributed by atoms with E-state index in [9.17, 15) is 13.2 Å². The van der Waals surface area contributed by atoms with Gasteiger partial charge in [0, 0.05) is 0 Å². The Balaban J connectivity index is 2.33. The van der Waals surface area contributed by atoms with Gasteiger partial charge >= 0.3 is 6.18 Å². The van der Waals surface area contributed by atoms with Crippen LogP contribution in [0.25, 0.3) is 5.57 Å². The van der Waals surface area contributed by atoms with Crippen molar-refractivity contribution in [3.8, 4) is 0 Å². The van der Waals surface area contributed by atoms with E-state index in [4.69, 9.17) is 11.6 Å². The van der Waals surface area contributed by atoms with Crippen LogP contribution in [0, 0.1) is 0 Å². The molecule has 18 heavy (non-hydrogen) atoms. The number of hydrogen-bond donors (Lipinski definition) is 0. The monoisotopic (exact) mass is 274 g/mol. The quantitative estimate of drug-likeness (QED) is 0.612. The lowest BCUT2D eigenvalue weighted by molar-refractivity contribution is -0.137. The van der Waals surface area contributed by atoms with Crippen LogP contribution < -0.4 is 0 Å². The van der Waals surface area contributed by atoms with Crippen LogP contribution in [-0.4, -0.2) is 5.38 Å². The predicted octanol–water partition coefficient (Wildman–Crippen LogP) is 5.27. The van der Waals surface area contributed by atoms with Gasteiger partial charge in [-0.1, -0.05) is 24.6 Å². The lowest BCUT2D eigenvalue weighted by Crippen LogP contribution is -2.05. The number of benzene rings is 1. The second kappa shape index (κ2) is 5.35. The molecule has 2 rings (SSSR count). The third-order valence-electron chi connectivity index (χ3n) is 3.12. The summed E-state index contributed by atoms with van der Waals surface area (Å²) in [5.74, 6) is 0. The number of allylic oxidation sites excluding steroid dienone is 2. The molecule has 0 saturated carbocycles. The van der Waals surface area contributed by atoms with Gasteiger partial charge in [0.05, 0.1) is 10.9 Å². The van der Waals surface area contributed by atoms with Crippen LogP contribution in [-0.2, 0) is 6.18 Å². The highest BCUT2D eigenvalue weighted by Gasteiger charge is 2.30. The fourth-order valence-electron chi connectivity index (χ4n) is 2.18. The Hall–Kier alpha value is -0.960. The molecule has 1 aliphatic carbocycles. The molecule has 1 aliphatic rings. The Kier molecular flexibility index (Phi) is 4.00. The van der Waals surface area contributed by atoms with E-state index in [1.54, 1.807) is 6.07 Å². The van der Waals surface area contributed by atoms with Crippen LogP contribution >= 0.6 is 11.6 Å². The van der Waals surface area contributed by atoms with Gasteiger partial charge in [0.2, 0.25) is 0 Å². The minimum atomic E-state index is -4.29.